The zero-order valence-electron chi connectivity index (χ0n) is 14.2. The lowest BCUT2D eigenvalue weighted by Gasteiger charge is -2.06. The Bertz CT molecular complexity index is 1140. The summed E-state index contributed by atoms with van der Waals surface area (Å²) < 4.78 is 6.79. The molecule has 0 bridgehead atoms. The number of aryl methyl sites for hydroxylation is 3. The van der Waals surface area contributed by atoms with Gasteiger partial charge in [0.2, 0.25) is 0 Å². The van der Waals surface area contributed by atoms with Crippen LogP contribution < -0.4 is 5.56 Å². The first-order chi connectivity index (χ1) is 12.0. The minimum atomic E-state index is -0.0615. The first-order valence-corrected chi connectivity index (χ1v) is 8.87. The molecular weight excluding hydrogens is 334 g/mol. The third-order valence-electron chi connectivity index (χ3n) is 4.38. The molecule has 0 fully saturated rings. The van der Waals surface area contributed by atoms with E-state index in [1.807, 2.05) is 18.4 Å². The Morgan fingerprint density at radius 2 is 2.00 bits per heavy atom. The summed E-state index contributed by atoms with van der Waals surface area (Å²) in [6.07, 6.45) is 1.57. The van der Waals surface area contributed by atoms with E-state index in [1.54, 1.807) is 10.9 Å². The van der Waals surface area contributed by atoms with Crippen LogP contribution in [0, 0.1) is 20.8 Å². The van der Waals surface area contributed by atoms with E-state index < -0.39 is 0 Å². The molecule has 1 aromatic carbocycles. The summed E-state index contributed by atoms with van der Waals surface area (Å²) in [6.45, 7) is 6.34. The molecule has 4 aromatic rings. The van der Waals surface area contributed by atoms with E-state index in [-0.39, 0.29) is 5.56 Å². The molecule has 0 aliphatic rings. The second-order valence-electron chi connectivity index (χ2n) is 6.24. The number of fused-ring (bicyclic) bond motifs is 1. The first kappa shape index (κ1) is 15.8. The summed E-state index contributed by atoms with van der Waals surface area (Å²) in [7, 11) is 0. The van der Waals surface area contributed by atoms with Crippen molar-refractivity contribution in [1.82, 2.24) is 14.7 Å². The van der Waals surface area contributed by atoms with Gasteiger partial charge in [-0.3, -0.25) is 9.36 Å². The largest absolute Gasteiger partial charge is 0.359 e. The number of hydrogen-bond acceptors (Lipinski definition) is 5. The number of thiophene rings is 1. The molecule has 126 valence electrons. The molecule has 4 rings (SSSR count). The lowest BCUT2D eigenvalue weighted by atomic mass is 10.0. The van der Waals surface area contributed by atoms with Crippen LogP contribution in [0.1, 0.15) is 22.6 Å². The van der Waals surface area contributed by atoms with Gasteiger partial charge >= 0.3 is 0 Å². The van der Waals surface area contributed by atoms with Crippen molar-refractivity contribution in [2.24, 2.45) is 0 Å². The Labute approximate surface area is 148 Å². The van der Waals surface area contributed by atoms with E-state index >= 15 is 0 Å². The van der Waals surface area contributed by atoms with Crippen molar-refractivity contribution < 1.29 is 4.52 Å². The highest BCUT2D eigenvalue weighted by Gasteiger charge is 2.14. The number of hydrogen-bond donors (Lipinski definition) is 0. The summed E-state index contributed by atoms with van der Waals surface area (Å²) >= 11 is 1.49. The molecular formula is C19H17N3O2S. The molecule has 25 heavy (non-hydrogen) atoms. The molecule has 0 radical (unpaired) electrons. The molecule has 0 N–H and O–H groups in total. The molecule has 3 aromatic heterocycles. The Hall–Kier alpha value is -2.73. The summed E-state index contributed by atoms with van der Waals surface area (Å²) in [4.78, 5) is 18.2. The zero-order valence-corrected chi connectivity index (χ0v) is 15.1. The molecule has 0 unspecified atom stereocenters. The maximum absolute atomic E-state index is 13.0. The Morgan fingerprint density at radius 1 is 1.16 bits per heavy atom. The van der Waals surface area contributed by atoms with Crippen LogP contribution in [0.15, 0.2) is 45.3 Å². The van der Waals surface area contributed by atoms with Crippen LogP contribution in [0.3, 0.4) is 0 Å². The average molecular weight is 351 g/mol. The Morgan fingerprint density at radius 3 is 2.72 bits per heavy atom. The van der Waals surface area contributed by atoms with Gasteiger partial charge in [0.25, 0.3) is 5.56 Å². The van der Waals surface area contributed by atoms with Crippen LogP contribution in [-0.4, -0.2) is 14.7 Å². The summed E-state index contributed by atoms with van der Waals surface area (Å²) in [6, 6.07) is 8.09. The van der Waals surface area contributed by atoms with Crippen LogP contribution in [-0.2, 0) is 6.54 Å². The van der Waals surface area contributed by atoms with Crippen LogP contribution in [0.4, 0.5) is 0 Å². The molecule has 0 amide bonds. The molecule has 3 heterocycles. The van der Waals surface area contributed by atoms with Crippen LogP contribution >= 0.6 is 11.3 Å². The summed E-state index contributed by atoms with van der Waals surface area (Å²) in [5.74, 6) is 0.642. The maximum atomic E-state index is 13.0. The van der Waals surface area contributed by atoms with E-state index in [2.05, 4.69) is 42.2 Å². The van der Waals surface area contributed by atoms with Gasteiger partial charge in [-0.2, -0.15) is 0 Å². The minimum Gasteiger partial charge on any atom is -0.359 e. The fraction of sp³-hybridized carbons (Fsp3) is 0.211. The van der Waals surface area contributed by atoms with E-state index in [0.717, 1.165) is 21.7 Å². The van der Waals surface area contributed by atoms with Crippen molar-refractivity contribution in [3.05, 3.63) is 68.9 Å². The minimum absolute atomic E-state index is 0.0615. The second-order valence-corrected chi connectivity index (χ2v) is 7.10. The average Bonchev–Trinajstić information content (AvgIpc) is 3.19. The molecule has 0 saturated heterocycles. The molecule has 6 heteroatoms. The van der Waals surface area contributed by atoms with Gasteiger partial charge in [0, 0.05) is 17.0 Å². The molecule has 0 spiro atoms. The fourth-order valence-corrected chi connectivity index (χ4v) is 3.77. The van der Waals surface area contributed by atoms with Crippen molar-refractivity contribution in [2.75, 3.05) is 0 Å². The predicted octanol–water partition coefficient (Wildman–Crippen LogP) is 4.09. The van der Waals surface area contributed by atoms with Crippen molar-refractivity contribution >= 4 is 21.6 Å². The molecule has 0 saturated carbocycles. The van der Waals surface area contributed by atoms with E-state index in [9.17, 15) is 4.79 Å². The van der Waals surface area contributed by atoms with Gasteiger partial charge in [0.15, 0.2) is 5.76 Å². The van der Waals surface area contributed by atoms with E-state index in [0.29, 0.717) is 17.7 Å². The zero-order chi connectivity index (χ0) is 17.6. The van der Waals surface area contributed by atoms with Gasteiger partial charge < -0.3 is 4.52 Å². The highest BCUT2D eigenvalue weighted by molar-refractivity contribution is 7.17. The number of nitrogens with zero attached hydrogens (tertiary/aromatic N) is 3. The van der Waals surface area contributed by atoms with Gasteiger partial charge in [0.05, 0.1) is 24.0 Å². The van der Waals surface area contributed by atoms with Crippen LogP contribution in [0.25, 0.3) is 21.3 Å². The van der Waals surface area contributed by atoms with Crippen LogP contribution in [0.5, 0.6) is 0 Å². The third kappa shape index (κ3) is 2.78. The quantitative estimate of drug-likeness (QED) is 0.558. The van der Waals surface area contributed by atoms with E-state index in [1.165, 1.54) is 22.5 Å². The summed E-state index contributed by atoms with van der Waals surface area (Å²) in [5.41, 5.74) is 5.15. The van der Waals surface area contributed by atoms with Crippen molar-refractivity contribution in [3.8, 4) is 11.1 Å². The lowest BCUT2D eigenvalue weighted by Crippen LogP contribution is -2.20. The van der Waals surface area contributed by atoms with Crippen LogP contribution in [0.2, 0.25) is 0 Å². The second kappa shape index (κ2) is 5.97. The van der Waals surface area contributed by atoms with Gasteiger partial charge in [-0.1, -0.05) is 23.4 Å². The predicted molar refractivity (Wildman–Crippen MR) is 99.1 cm³/mol. The highest BCUT2D eigenvalue weighted by atomic mass is 32.1. The van der Waals surface area contributed by atoms with E-state index in [4.69, 9.17) is 4.52 Å². The van der Waals surface area contributed by atoms with Crippen molar-refractivity contribution in [1.29, 1.82) is 0 Å². The first-order valence-electron chi connectivity index (χ1n) is 7.99. The number of benzene rings is 1. The Balaban J connectivity index is 1.85. The molecule has 0 aliphatic heterocycles. The molecule has 0 atom stereocenters. The molecule has 0 aliphatic carbocycles. The standard InChI is InChI=1S/C19H17N3O2S/c1-11-4-5-14(6-12(11)2)16-9-25-18-17(16)19(23)22(10-20-18)8-15-7-13(3)21-24-15/h4-7,9-10H,8H2,1-3H3. The normalized spacial score (nSPS) is 11.3. The SMILES string of the molecule is Cc1cc(Cn2cnc3scc(-c4ccc(C)c(C)c4)c3c2=O)on1. The van der Waals surface area contributed by atoms with Gasteiger partial charge in [-0.05, 0) is 37.5 Å². The topological polar surface area (TPSA) is 60.9 Å². The highest BCUT2D eigenvalue weighted by Crippen LogP contribution is 2.31. The van der Waals surface area contributed by atoms with Gasteiger partial charge in [0.1, 0.15) is 4.83 Å². The summed E-state index contributed by atoms with van der Waals surface area (Å²) in [5, 5.41) is 6.53. The maximum Gasteiger partial charge on any atom is 0.263 e. The monoisotopic (exact) mass is 351 g/mol. The lowest BCUT2D eigenvalue weighted by molar-refractivity contribution is 0.371. The van der Waals surface area contributed by atoms with Gasteiger partial charge in [-0.15, -0.1) is 11.3 Å². The third-order valence-corrected chi connectivity index (χ3v) is 5.27. The fourth-order valence-electron chi connectivity index (χ4n) is 2.86. The van der Waals surface area contributed by atoms with Crippen molar-refractivity contribution in [3.63, 3.8) is 0 Å². The Kier molecular flexibility index (Phi) is 3.77. The number of rotatable bonds is 3. The van der Waals surface area contributed by atoms with Gasteiger partial charge in [-0.25, -0.2) is 4.98 Å². The smallest absolute Gasteiger partial charge is 0.263 e. The number of aromatic nitrogens is 3. The van der Waals surface area contributed by atoms with Crippen molar-refractivity contribution in [2.45, 2.75) is 27.3 Å². The molecule has 5 nitrogen and oxygen atoms in total.